The summed E-state index contributed by atoms with van der Waals surface area (Å²) in [5.74, 6) is 0.483. The van der Waals surface area contributed by atoms with Crippen molar-refractivity contribution in [3.63, 3.8) is 0 Å². The van der Waals surface area contributed by atoms with Gasteiger partial charge in [0.05, 0.1) is 10.9 Å². The molecule has 1 rings (SSSR count). The van der Waals surface area contributed by atoms with Gasteiger partial charge in [-0.15, -0.1) is 0 Å². The second kappa shape index (κ2) is 9.64. The van der Waals surface area contributed by atoms with E-state index in [1.165, 1.54) is 18.6 Å². The van der Waals surface area contributed by atoms with Gasteiger partial charge >= 0.3 is 6.03 Å². The molecule has 0 aliphatic rings. The van der Waals surface area contributed by atoms with Crippen molar-refractivity contribution >= 4 is 16.1 Å². The first-order valence-corrected chi connectivity index (χ1v) is 9.99. The fourth-order valence-corrected chi connectivity index (χ4v) is 3.04. The number of benzene rings is 1. The van der Waals surface area contributed by atoms with Crippen molar-refractivity contribution in [3.05, 3.63) is 29.8 Å². The van der Waals surface area contributed by atoms with E-state index in [0.717, 1.165) is 19.3 Å². The number of nitrogens with two attached hydrogens (primary N) is 1. The number of carbonyl (C=O) groups is 1. The van der Waals surface area contributed by atoms with Crippen LogP contribution in [-0.2, 0) is 10.0 Å². The summed E-state index contributed by atoms with van der Waals surface area (Å²) in [5.41, 5.74) is 0.690. The van der Waals surface area contributed by atoms with Crippen LogP contribution in [0.25, 0.3) is 0 Å². The quantitative estimate of drug-likeness (QED) is 0.635. The third-order valence-corrected chi connectivity index (χ3v) is 5.04. The van der Waals surface area contributed by atoms with Gasteiger partial charge in [0.1, 0.15) is 0 Å². The van der Waals surface area contributed by atoms with Gasteiger partial charge in [0.15, 0.2) is 0 Å². The Labute approximate surface area is 145 Å². The van der Waals surface area contributed by atoms with Crippen LogP contribution in [0.1, 0.15) is 58.1 Å². The Kier molecular flexibility index (Phi) is 8.21. The number of urea groups is 1. The van der Waals surface area contributed by atoms with Crippen LogP contribution >= 0.6 is 0 Å². The smallest absolute Gasteiger partial charge is 0.315 e. The number of primary sulfonamides is 1. The molecule has 24 heavy (non-hydrogen) atoms. The molecule has 1 aromatic carbocycles. The van der Waals surface area contributed by atoms with E-state index >= 15 is 0 Å². The molecule has 2 unspecified atom stereocenters. The van der Waals surface area contributed by atoms with E-state index in [9.17, 15) is 13.2 Å². The molecule has 0 aliphatic heterocycles. The number of nitrogens with one attached hydrogen (secondary N) is 2. The van der Waals surface area contributed by atoms with Crippen LogP contribution in [0.3, 0.4) is 0 Å². The van der Waals surface area contributed by atoms with Gasteiger partial charge in [-0.2, -0.15) is 0 Å². The predicted molar refractivity (Wildman–Crippen MR) is 96.1 cm³/mol. The SMILES string of the molecule is CCCCC(CC)CNC(=O)NC(C)c1cccc(S(N)(=O)=O)c1. The van der Waals surface area contributed by atoms with Crippen molar-refractivity contribution in [3.8, 4) is 0 Å². The zero-order valence-electron chi connectivity index (χ0n) is 14.7. The predicted octanol–water partition coefficient (Wildman–Crippen LogP) is 2.91. The fourth-order valence-electron chi connectivity index (χ4n) is 2.47. The van der Waals surface area contributed by atoms with E-state index in [2.05, 4.69) is 24.5 Å². The summed E-state index contributed by atoms with van der Waals surface area (Å²) in [6.07, 6.45) is 4.46. The first kappa shape index (κ1) is 20.4. The van der Waals surface area contributed by atoms with Gasteiger partial charge in [0.2, 0.25) is 10.0 Å². The summed E-state index contributed by atoms with van der Waals surface area (Å²) in [6.45, 7) is 6.73. The zero-order valence-corrected chi connectivity index (χ0v) is 15.5. The summed E-state index contributed by atoms with van der Waals surface area (Å²) < 4.78 is 22.8. The van der Waals surface area contributed by atoms with Crippen LogP contribution in [-0.4, -0.2) is 21.0 Å². The lowest BCUT2D eigenvalue weighted by molar-refractivity contribution is 0.235. The summed E-state index contributed by atoms with van der Waals surface area (Å²) in [7, 11) is -3.75. The molecule has 136 valence electrons. The van der Waals surface area contributed by atoms with Gasteiger partial charge in [0.25, 0.3) is 0 Å². The average Bonchev–Trinajstić information content (AvgIpc) is 2.54. The van der Waals surface area contributed by atoms with Gasteiger partial charge in [-0.1, -0.05) is 45.2 Å². The monoisotopic (exact) mass is 355 g/mol. The second-order valence-corrected chi connectivity index (χ2v) is 7.67. The number of hydrogen-bond acceptors (Lipinski definition) is 3. The molecule has 0 heterocycles. The Morgan fingerprint density at radius 3 is 2.58 bits per heavy atom. The Balaban J connectivity index is 2.58. The van der Waals surface area contributed by atoms with Crippen LogP contribution in [0.2, 0.25) is 0 Å². The summed E-state index contributed by atoms with van der Waals surface area (Å²) in [6, 6.07) is 5.72. The number of unbranched alkanes of at least 4 members (excludes halogenated alkanes) is 1. The minimum absolute atomic E-state index is 0.0414. The first-order valence-electron chi connectivity index (χ1n) is 8.45. The number of sulfonamides is 1. The van der Waals surface area contributed by atoms with Crippen molar-refractivity contribution in [2.24, 2.45) is 11.1 Å². The van der Waals surface area contributed by atoms with E-state index in [4.69, 9.17) is 5.14 Å². The second-order valence-electron chi connectivity index (χ2n) is 6.11. The molecular weight excluding hydrogens is 326 g/mol. The molecule has 6 nitrogen and oxygen atoms in total. The maximum absolute atomic E-state index is 12.0. The van der Waals surface area contributed by atoms with Crippen LogP contribution in [0.4, 0.5) is 4.79 Å². The molecule has 0 saturated carbocycles. The third kappa shape index (κ3) is 6.88. The molecule has 0 bridgehead atoms. The number of rotatable bonds is 9. The van der Waals surface area contributed by atoms with Gasteiger partial charge in [0, 0.05) is 6.54 Å². The highest BCUT2D eigenvalue weighted by atomic mass is 32.2. The van der Waals surface area contributed by atoms with E-state index in [1.807, 2.05) is 0 Å². The van der Waals surface area contributed by atoms with Gasteiger partial charge in [-0.3, -0.25) is 0 Å². The number of hydrogen-bond donors (Lipinski definition) is 3. The fraction of sp³-hybridized carbons (Fsp3) is 0.588. The number of carbonyl (C=O) groups excluding carboxylic acids is 1. The molecule has 0 aromatic heterocycles. The molecular formula is C17H29N3O3S. The molecule has 2 amide bonds. The molecule has 1 aromatic rings. The van der Waals surface area contributed by atoms with Crippen molar-refractivity contribution in [2.45, 2.75) is 57.4 Å². The van der Waals surface area contributed by atoms with E-state index in [0.29, 0.717) is 18.0 Å². The molecule has 4 N–H and O–H groups in total. The standard InChI is InChI=1S/C17H29N3O3S/c1-4-6-8-14(5-2)12-19-17(21)20-13(3)15-9-7-10-16(11-15)24(18,22)23/h7,9-11,13-14H,4-6,8,12H2,1-3H3,(H2,18,22,23)(H2,19,20,21). The molecule has 0 aliphatic carbocycles. The maximum atomic E-state index is 12.0. The highest BCUT2D eigenvalue weighted by Gasteiger charge is 2.14. The van der Waals surface area contributed by atoms with Crippen molar-refractivity contribution in [1.29, 1.82) is 0 Å². The lowest BCUT2D eigenvalue weighted by Crippen LogP contribution is -2.39. The minimum Gasteiger partial charge on any atom is -0.338 e. The largest absolute Gasteiger partial charge is 0.338 e. The Morgan fingerprint density at radius 1 is 1.29 bits per heavy atom. The Bertz CT molecular complexity index is 632. The molecule has 0 fully saturated rings. The average molecular weight is 356 g/mol. The van der Waals surface area contributed by atoms with Crippen LogP contribution in [0, 0.1) is 5.92 Å². The number of amides is 2. The maximum Gasteiger partial charge on any atom is 0.315 e. The lowest BCUT2D eigenvalue weighted by atomic mass is 9.99. The third-order valence-electron chi connectivity index (χ3n) is 4.13. The van der Waals surface area contributed by atoms with Crippen LogP contribution in [0.5, 0.6) is 0 Å². The highest BCUT2D eigenvalue weighted by Crippen LogP contribution is 2.16. The summed E-state index contributed by atoms with van der Waals surface area (Å²) >= 11 is 0. The lowest BCUT2D eigenvalue weighted by Gasteiger charge is -2.18. The highest BCUT2D eigenvalue weighted by molar-refractivity contribution is 7.89. The van der Waals surface area contributed by atoms with E-state index in [-0.39, 0.29) is 17.0 Å². The summed E-state index contributed by atoms with van der Waals surface area (Å²) in [5, 5.41) is 10.9. The van der Waals surface area contributed by atoms with E-state index < -0.39 is 10.0 Å². The molecule has 0 radical (unpaired) electrons. The molecule has 7 heteroatoms. The van der Waals surface area contributed by atoms with Crippen molar-refractivity contribution in [2.75, 3.05) is 6.54 Å². The Hall–Kier alpha value is -1.60. The van der Waals surface area contributed by atoms with Crippen LogP contribution in [0.15, 0.2) is 29.2 Å². The molecule has 0 saturated heterocycles. The van der Waals surface area contributed by atoms with E-state index in [1.54, 1.807) is 19.1 Å². The van der Waals surface area contributed by atoms with Gasteiger partial charge < -0.3 is 10.6 Å². The Morgan fingerprint density at radius 2 is 2.00 bits per heavy atom. The van der Waals surface area contributed by atoms with Gasteiger partial charge in [-0.05, 0) is 37.0 Å². The minimum atomic E-state index is -3.75. The summed E-state index contributed by atoms with van der Waals surface area (Å²) in [4.78, 5) is 12.1. The van der Waals surface area contributed by atoms with Gasteiger partial charge in [-0.25, -0.2) is 18.4 Å². The molecule has 2 atom stereocenters. The zero-order chi connectivity index (χ0) is 18.2. The van der Waals surface area contributed by atoms with Crippen molar-refractivity contribution < 1.29 is 13.2 Å². The van der Waals surface area contributed by atoms with Crippen LogP contribution < -0.4 is 15.8 Å². The first-order chi connectivity index (χ1) is 11.3. The van der Waals surface area contributed by atoms with Crippen molar-refractivity contribution in [1.82, 2.24) is 10.6 Å². The normalized spacial score (nSPS) is 14.0. The molecule has 0 spiro atoms. The topological polar surface area (TPSA) is 101 Å².